The van der Waals surface area contributed by atoms with Gasteiger partial charge in [0.25, 0.3) is 5.91 Å². The zero-order valence-electron chi connectivity index (χ0n) is 13.7. The van der Waals surface area contributed by atoms with Gasteiger partial charge in [-0.25, -0.2) is 0 Å². The fraction of sp³-hybridized carbons (Fsp3) is 0.444. The van der Waals surface area contributed by atoms with Crippen molar-refractivity contribution in [1.82, 2.24) is 15.1 Å². The lowest BCUT2D eigenvalue weighted by Gasteiger charge is -2.12. The van der Waals surface area contributed by atoms with Crippen molar-refractivity contribution in [1.29, 1.82) is 0 Å². The van der Waals surface area contributed by atoms with Crippen LogP contribution in [0.5, 0.6) is 0 Å². The van der Waals surface area contributed by atoms with Gasteiger partial charge in [-0.05, 0) is 56.4 Å². The SMILES string of the molecule is Cc1cc(C)n(Cc2cccc(C(=O)NCC(N)C3CC3)c2)n1. The van der Waals surface area contributed by atoms with E-state index in [0.717, 1.165) is 17.0 Å². The molecule has 1 aliphatic carbocycles. The van der Waals surface area contributed by atoms with Crippen LogP contribution in [0.4, 0.5) is 0 Å². The average Bonchev–Trinajstić information content (AvgIpc) is 3.32. The van der Waals surface area contributed by atoms with Crippen LogP contribution < -0.4 is 11.1 Å². The summed E-state index contributed by atoms with van der Waals surface area (Å²) < 4.78 is 1.95. The molecule has 1 amide bonds. The summed E-state index contributed by atoms with van der Waals surface area (Å²) in [6.45, 7) is 5.24. The van der Waals surface area contributed by atoms with Gasteiger partial charge >= 0.3 is 0 Å². The van der Waals surface area contributed by atoms with E-state index in [1.54, 1.807) is 0 Å². The first-order valence-electron chi connectivity index (χ1n) is 8.16. The maximum Gasteiger partial charge on any atom is 0.251 e. The van der Waals surface area contributed by atoms with E-state index in [4.69, 9.17) is 5.73 Å². The molecule has 0 spiro atoms. The van der Waals surface area contributed by atoms with Gasteiger partial charge in [-0.15, -0.1) is 0 Å². The van der Waals surface area contributed by atoms with Gasteiger partial charge in [-0.2, -0.15) is 5.10 Å². The van der Waals surface area contributed by atoms with Crippen LogP contribution >= 0.6 is 0 Å². The lowest BCUT2D eigenvalue weighted by Crippen LogP contribution is -2.38. The normalized spacial score (nSPS) is 15.4. The molecule has 1 saturated carbocycles. The monoisotopic (exact) mass is 312 g/mol. The predicted octanol–water partition coefficient (Wildman–Crippen LogP) is 2.02. The molecule has 23 heavy (non-hydrogen) atoms. The number of hydrogen-bond acceptors (Lipinski definition) is 3. The van der Waals surface area contributed by atoms with Gasteiger partial charge in [0.15, 0.2) is 0 Å². The van der Waals surface area contributed by atoms with Gasteiger partial charge in [0.2, 0.25) is 0 Å². The molecular weight excluding hydrogens is 288 g/mol. The standard InChI is InChI=1S/C18H24N4O/c1-12-8-13(2)22(21-12)11-14-4-3-5-16(9-14)18(23)20-10-17(19)15-6-7-15/h3-5,8-9,15,17H,6-7,10-11,19H2,1-2H3,(H,20,23). The molecule has 1 aromatic heterocycles. The molecule has 5 heteroatoms. The van der Waals surface area contributed by atoms with Crippen LogP contribution in [0.1, 0.15) is 40.2 Å². The van der Waals surface area contributed by atoms with Crippen molar-refractivity contribution >= 4 is 5.91 Å². The maximum absolute atomic E-state index is 12.3. The Kier molecular flexibility index (Phi) is 4.48. The Balaban J connectivity index is 1.64. The lowest BCUT2D eigenvalue weighted by molar-refractivity contribution is 0.0950. The second-order valence-corrected chi connectivity index (χ2v) is 6.50. The third-order valence-electron chi connectivity index (χ3n) is 4.35. The molecule has 1 heterocycles. The van der Waals surface area contributed by atoms with Crippen molar-refractivity contribution in [3.63, 3.8) is 0 Å². The summed E-state index contributed by atoms with van der Waals surface area (Å²) in [6, 6.07) is 9.82. The van der Waals surface area contributed by atoms with Crippen molar-refractivity contribution < 1.29 is 4.79 Å². The van der Waals surface area contributed by atoms with Crippen LogP contribution in [-0.2, 0) is 6.54 Å². The molecule has 0 radical (unpaired) electrons. The van der Waals surface area contributed by atoms with E-state index in [-0.39, 0.29) is 11.9 Å². The van der Waals surface area contributed by atoms with Gasteiger partial charge in [-0.3, -0.25) is 9.48 Å². The van der Waals surface area contributed by atoms with Crippen molar-refractivity contribution in [2.24, 2.45) is 11.7 Å². The molecule has 0 bridgehead atoms. The molecule has 1 unspecified atom stereocenters. The third-order valence-corrected chi connectivity index (χ3v) is 4.35. The first-order chi connectivity index (χ1) is 11.0. The first kappa shape index (κ1) is 15.7. The van der Waals surface area contributed by atoms with Gasteiger partial charge in [0.05, 0.1) is 12.2 Å². The second kappa shape index (κ2) is 6.54. The Morgan fingerprint density at radius 2 is 2.17 bits per heavy atom. The highest BCUT2D eigenvalue weighted by Crippen LogP contribution is 2.31. The highest BCUT2D eigenvalue weighted by molar-refractivity contribution is 5.94. The molecule has 1 atom stereocenters. The summed E-state index contributed by atoms with van der Waals surface area (Å²) in [6.07, 6.45) is 2.38. The number of rotatable bonds is 6. The number of nitrogens with one attached hydrogen (secondary N) is 1. The number of nitrogens with two attached hydrogens (primary N) is 1. The van der Waals surface area contributed by atoms with Crippen molar-refractivity contribution in [2.75, 3.05) is 6.54 Å². The minimum Gasteiger partial charge on any atom is -0.350 e. The summed E-state index contributed by atoms with van der Waals surface area (Å²) in [7, 11) is 0. The number of hydrogen-bond donors (Lipinski definition) is 2. The van der Waals surface area contributed by atoms with E-state index in [9.17, 15) is 4.79 Å². The summed E-state index contributed by atoms with van der Waals surface area (Å²) in [5.74, 6) is 0.531. The smallest absolute Gasteiger partial charge is 0.251 e. The molecule has 3 rings (SSSR count). The van der Waals surface area contributed by atoms with E-state index in [1.807, 2.05) is 42.8 Å². The number of aryl methyl sites for hydroxylation is 2. The number of benzene rings is 1. The van der Waals surface area contributed by atoms with Crippen molar-refractivity contribution in [2.45, 2.75) is 39.3 Å². The van der Waals surface area contributed by atoms with Crippen LogP contribution in [0.25, 0.3) is 0 Å². The van der Waals surface area contributed by atoms with Crippen LogP contribution in [0.3, 0.4) is 0 Å². The zero-order chi connectivity index (χ0) is 16.4. The summed E-state index contributed by atoms with van der Waals surface area (Å²) in [5, 5.41) is 7.41. The van der Waals surface area contributed by atoms with Gasteiger partial charge < -0.3 is 11.1 Å². The van der Waals surface area contributed by atoms with Crippen LogP contribution in [0.2, 0.25) is 0 Å². The molecule has 1 aliphatic rings. The van der Waals surface area contributed by atoms with Crippen LogP contribution in [0, 0.1) is 19.8 Å². The Labute approximate surface area is 136 Å². The minimum atomic E-state index is -0.0590. The van der Waals surface area contributed by atoms with E-state index < -0.39 is 0 Å². The maximum atomic E-state index is 12.3. The van der Waals surface area contributed by atoms with Gasteiger partial charge in [0.1, 0.15) is 0 Å². The largest absolute Gasteiger partial charge is 0.350 e. The molecule has 2 aromatic rings. The second-order valence-electron chi connectivity index (χ2n) is 6.50. The fourth-order valence-electron chi connectivity index (χ4n) is 2.82. The molecular formula is C18H24N4O. The predicted molar refractivity (Wildman–Crippen MR) is 90.3 cm³/mol. The van der Waals surface area contributed by atoms with Gasteiger partial charge in [0, 0.05) is 23.8 Å². The Hall–Kier alpha value is -2.14. The number of nitrogens with zero attached hydrogens (tertiary/aromatic N) is 2. The average molecular weight is 312 g/mol. The number of aromatic nitrogens is 2. The summed E-state index contributed by atoms with van der Waals surface area (Å²) >= 11 is 0. The van der Waals surface area contributed by atoms with Crippen LogP contribution in [0.15, 0.2) is 30.3 Å². The van der Waals surface area contributed by atoms with E-state index >= 15 is 0 Å². The Morgan fingerprint density at radius 1 is 1.39 bits per heavy atom. The molecule has 122 valence electrons. The van der Waals surface area contributed by atoms with Crippen molar-refractivity contribution in [3.8, 4) is 0 Å². The molecule has 3 N–H and O–H groups in total. The highest BCUT2D eigenvalue weighted by Gasteiger charge is 2.28. The number of carbonyl (C=O) groups excluding carboxylic acids is 1. The van der Waals surface area contributed by atoms with Crippen molar-refractivity contribution in [3.05, 3.63) is 52.8 Å². The Bertz CT molecular complexity index is 703. The topological polar surface area (TPSA) is 72.9 Å². The van der Waals surface area contributed by atoms with Gasteiger partial charge in [-0.1, -0.05) is 12.1 Å². The van der Waals surface area contributed by atoms with E-state index in [0.29, 0.717) is 24.6 Å². The lowest BCUT2D eigenvalue weighted by atomic mass is 10.1. The quantitative estimate of drug-likeness (QED) is 0.857. The molecule has 0 saturated heterocycles. The zero-order valence-corrected chi connectivity index (χ0v) is 13.7. The first-order valence-corrected chi connectivity index (χ1v) is 8.16. The highest BCUT2D eigenvalue weighted by atomic mass is 16.1. The molecule has 1 aromatic carbocycles. The van der Waals surface area contributed by atoms with E-state index in [2.05, 4.69) is 16.5 Å². The fourth-order valence-corrected chi connectivity index (χ4v) is 2.82. The summed E-state index contributed by atoms with van der Waals surface area (Å²) in [4.78, 5) is 12.3. The van der Waals surface area contributed by atoms with E-state index in [1.165, 1.54) is 12.8 Å². The molecule has 0 aliphatic heterocycles. The minimum absolute atomic E-state index is 0.0590. The Morgan fingerprint density at radius 3 is 2.83 bits per heavy atom. The number of amides is 1. The molecule has 1 fully saturated rings. The summed E-state index contributed by atoms with van der Waals surface area (Å²) in [5.41, 5.74) is 9.89. The third kappa shape index (κ3) is 3.99. The van der Waals surface area contributed by atoms with Crippen LogP contribution in [-0.4, -0.2) is 28.3 Å². The molecule has 5 nitrogen and oxygen atoms in total. The number of carbonyl (C=O) groups is 1.